The van der Waals surface area contributed by atoms with Gasteiger partial charge in [0.25, 0.3) is 0 Å². The molecule has 0 aliphatic heterocycles. The zero-order valence-corrected chi connectivity index (χ0v) is 10.0. The van der Waals surface area contributed by atoms with E-state index in [1.165, 1.54) is 0 Å². The zero-order valence-electron chi connectivity index (χ0n) is 7.62. The van der Waals surface area contributed by atoms with Crippen molar-refractivity contribution < 1.29 is 8.42 Å². The predicted molar refractivity (Wildman–Crippen MR) is 58.2 cm³/mol. The maximum absolute atomic E-state index is 8.81. The van der Waals surface area contributed by atoms with E-state index in [2.05, 4.69) is 10.1 Å². The van der Waals surface area contributed by atoms with Crippen LogP contribution in [0.2, 0.25) is 10.2 Å². The summed E-state index contributed by atoms with van der Waals surface area (Å²) in [6.45, 7) is 3.85. The third-order valence-electron chi connectivity index (χ3n) is 1.38. The smallest absolute Gasteiger partial charge is 0.198 e. The number of nitrogens with zero attached hydrogens (tertiary/aromatic N) is 1. The Hall–Kier alpha value is -0.360. The molecule has 0 aliphatic carbocycles. The van der Waals surface area contributed by atoms with Gasteiger partial charge in [0, 0.05) is 5.69 Å². The van der Waals surface area contributed by atoms with Crippen molar-refractivity contribution in [1.82, 2.24) is 4.98 Å². The Bertz CT molecular complexity index is 335. The molecule has 0 radical (unpaired) electrons. The fraction of sp³-hybridized carbons (Fsp3) is 0.286. The number of pyridine rings is 1. The van der Waals surface area contributed by atoms with Gasteiger partial charge in [0.15, 0.2) is 10.9 Å². The molecule has 1 heterocycles. The Kier molecular flexibility index (Phi) is 6.03. The predicted octanol–water partition coefficient (Wildman–Crippen LogP) is 1.48. The van der Waals surface area contributed by atoms with Gasteiger partial charge >= 0.3 is 0 Å². The Morgan fingerprint density at radius 1 is 1.36 bits per heavy atom. The third kappa shape index (κ3) is 5.39. The summed E-state index contributed by atoms with van der Waals surface area (Å²) in [4.78, 5) is 4.01. The monoisotopic (exact) mass is 256 g/mol. The van der Waals surface area contributed by atoms with Gasteiger partial charge in [-0.05, 0) is 25.5 Å². The SMILES string of the molecule is Cc1cc(Cl)c(Cl)nc1C.N[SH](=O)=O. The van der Waals surface area contributed by atoms with Crippen LogP contribution in [-0.4, -0.2) is 13.4 Å². The summed E-state index contributed by atoms with van der Waals surface area (Å²) < 4.78 is 17.6. The van der Waals surface area contributed by atoms with Gasteiger partial charge in [-0.25, -0.2) is 18.5 Å². The summed E-state index contributed by atoms with van der Waals surface area (Å²) in [7, 11) is -2.62. The van der Waals surface area contributed by atoms with Gasteiger partial charge < -0.3 is 0 Å². The van der Waals surface area contributed by atoms with Crippen LogP contribution in [-0.2, 0) is 10.9 Å². The number of rotatable bonds is 0. The van der Waals surface area contributed by atoms with E-state index in [1.54, 1.807) is 0 Å². The Morgan fingerprint density at radius 3 is 2.14 bits per heavy atom. The fourth-order valence-corrected chi connectivity index (χ4v) is 1.03. The van der Waals surface area contributed by atoms with Gasteiger partial charge in [-0.1, -0.05) is 23.2 Å². The van der Waals surface area contributed by atoms with Crippen molar-refractivity contribution in [2.75, 3.05) is 0 Å². The summed E-state index contributed by atoms with van der Waals surface area (Å²) in [6, 6.07) is 1.81. The molecule has 80 valence electrons. The fourth-order valence-electron chi connectivity index (χ4n) is 0.643. The number of aryl methyl sites for hydroxylation is 2. The second-order valence-corrected chi connectivity index (χ2v) is 3.78. The molecule has 0 amide bonds. The molecule has 0 fully saturated rings. The van der Waals surface area contributed by atoms with E-state index < -0.39 is 10.9 Å². The number of hydrogen-bond donors (Lipinski definition) is 2. The molecule has 0 aliphatic rings. The number of hydrogen-bond acceptors (Lipinski definition) is 3. The van der Waals surface area contributed by atoms with E-state index in [9.17, 15) is 0 Å². The van der Waals surface area contributed by atoms with Crippen LogP contribution in [0.5, 0.6) is 0 Å². The van der Waals surface area contributed by atoms with Crippen molar-refractivity contribution in [2.45, 2.75) is 13.8 Å². The molecule has 0 saturated carbocycles. The number of aromatic nitrogens is 1. The summed E-state index contributed by atoms with van der Waals surface area (Å²) in [5.41, 5.74) is 1.99. The largest absolute Gasteiger partial charge is 0.240 e. The molecule has 0 unspecified atom stereocenters. The molecule has 14 heavy (non-hydrogen) atoms. The molecule has 2 N–H and O–H groups in total. The van der Waals surface area contributed by atoms with Gasteiger partial charge in [-0.2, -0.15) is 0 Å². The van der Waals surface area contributed by atoms with Crippen LogP contribution in [0.1, 0.15) is 11.3 Å². The minimum atomic E-state index is -2.62. The molecule has 1 rings (SSSR count). The molecule has 7 heteroatoms. The molecule has 0 aromatic carbocycles. The highest BCUT2D eigenvalue weighted by Gasteiger charge is 2.00. The average Bonchev–Trinajstić information content (AvgIpc) is 2.00. The first kappa shape index (κ1) is 13.6. The van der Waals surface area contributed by atoms with E-state index in [0.717, 1.165) is 11.3 Å². The highest BCUT2D eigenvalue weighted by Crippen LogP contribution is 2.21. The molecule has 0 saturated heterocycles. The topological polar surface area (TPSA) is 73.0 Å². The van der Waals surface area contributed by atoms with Crippen molar-refractivity contribution in [1.29, 1.82) is 0 Å². The number of nitrogens with two attached hydrogens (primary N) is 1. The number of thiol groups is 1. The quantitative estimate of drug-likeness (QED) is 0.546. The maximum Gasteiger partial charge on any atom is 0.198 e. The minimum absolute atomic E-state index is 0.379. The molecule has 1 aromatic rings. The second kappa shape index (κ2) is 6.19. The zero-order chi connectivity index (χ0) is 11.3. The summed E-state index contributed by atoms with van der Waals surface area (Å²) >= 11 is 11.3. The van der Waals surface area contributed by atoms with E-state index in [4.69, 9.17) is 31.6 Å². The first-order chi connectivity index (χ1) is 6.34. The highest BCUT2D eigenvalue weighted by atomic mass is 35.5. The first-order valence-electron chi connectivity index (χ1n) is 3.53. The van der Waals surface area contributed by atoms with Gasteiger partial charge in [0.2, 0.25) is 0 Å². The van der Waals surface area contributed by atoms with E-state index in [-0.39, 0.29) is 0 Å². The van der Waals surface area contributed by atoms with Gasteiger partial charge in [0.1, 0.15) is 5.15 Å². The van der Waals surface area contributed by atoms with Gasteiger partial charge in [0.05, 0.1) is 5.02 Å². The molecule has 0 spiro atoms. The van der Waals surface area contributed by atoms with Crippen LogP contribution >= 0.6 is 23.2 Å². The number of halogens is 2. The minimum Gasteiger partial charge on any atom is -0.240 e. The lowest BCUT2D eigenvalue weighted by Gasteiger charge is -1.99. The average molecular weight is 257 g/mol. The Labute approximate surface area is 94.1 Å². The molecule has 0 atom stereocenters. The van der Waals surface area contributed by atoms with Crippen molar-refractivity contribution in [3.05, 3.63) is 27.5 Å². The van der Waals surface area contributed by atoms with E-state index in [1.807, 2.05) is 19.9 Å². The summed E-state index contributed by atoms with van der Waals surface area (Å²) in [6.07, 6.45) is 0. The van der Waals surface area contributed by atoms with Crippen LogP contribution in [0.15, 0.2) is 6.07 Å². The Morgan fingerprint density at radius 2 is 1.79 bits per heavy atom. The Balaban J connectivity index is 0.000000364. The third-order valence-corrected chi connectivity index (χ3v) is 2.05. The van der Waals surface area contributed by atoms with Crippen molar-refractivity contribution in [3.8, 4) is 0 Å². The van der Waals surface area contributed by atoms with Crippen LogP contribution in [0.25, 0.3) is 0 Å². The normalized spacial score (nSPS) is 9.57. The van der Waals surface area contributed by atoms with Crippen LogP contribution in [0, 0.1) is 13.8 Å². The molecule has 0 bridgehead atoms. The first-order valence-corrected chi connectivity index (χ1v) is 5.53. The highest BCUT2D eigenvalue weighted by molar-refractivity contribution is 7.69. The molecular weight excluding hydrogens is 247 g/mol. The molecule has 1 aromatic heterocycles. The van der Waals surface area contributed by atoms with Gasteiger partial charge in [-0.3, -0.25) is 0 Å². The van der Waals surface area contributed by atoms with Crippen LogP contribution in [0.3, 0.4) is 0 Å². The van der Waals surface area contributed by atoms with Crippen LogP contribution < -0.4 is 5.14 Å². The van der Waals surface area contributed by atoms with Crippen LogP contribution in [0.4, 0.5) is 0 Å². The van der Waals surface area contributed by atoms with E-state index >= 15 is 0 Å². The second-order valence-electron chi connectivity index (χ2n) is 2.45. The lowest BCUT2D eigenvalue weighted by molar-refractivity contribution is 0.616. The summed E-state index contributed by atoms with van der Waals surface area (Å²) in [5.74, 6) is 0. The lowest BCUT2D eigenvalue weighted by Crippen LogP contribution is -1.86. The molecular formula is C7H10Cl2N2O2S. The van der Waals surface area contributed by atoms with Crippen molar-refractivity contribution in [2.24, 2.45) is 5.14 Å². The van der Waals surface area contributed by atoms with Crippen molar-refractivity contribution in [3.63, 3.8) is 0 Å². The summed E-state index contributed by atoms with van der Waals surface area (Å²) in [5, 5.41) is 4.96. The standard InChI is InChI=1S/C7H7Cl2N.H3NO2S/c1-4-3-6(8)7(9)10-5(4)2;1-4(2)3/h3H,1-2H3;4H,(H2,1,2,3). The van der Waals surface area contributed by atoms with Crippen molar-refractivity contribution >= 4 is 34.1 Å². The molecule has 4 nitrogen and oxygen atoms in total. The lowest BCUT2D eigenvalue weighted by atomic mass is 10.2. The van der Waals surface area contributed by atoms with E-state index in [0.29, 0.717) is 10.2 Å². The van der Waals surface area contributed by atoms with Gasteiger partial charge in [-0.15, -0.1) is 0 Å². The maximum atomic E-state index is 8.81.